The fourth-order valence-electron chi connectivity index (χ4n) is 8.52. The average Bonchev–Trinajstić information content (AvgIpc) is 3.24. The second kappa shape index (κ2) is 48.9. The van der Waals surface area contributed by atoms with Crippen LogP contribution in [0.5, 0.6) is 0 Å². The number of esters is 3. The van der Waals surface area contributed by atoms with Gasteiger partial charge in [-0.3, -0.25) is 14.4 Å². The standard InChI is InChI=1S/C56H108O6/c1-6-7-8-9-10-11-12-13-14-15-16-17-18-19-22-26-33-38-43-48-56(59)62-53(50-61-55(58)47-42-37-32-28-27-30-35-40-45-52(4)5)49-60-54(57)46-41-36-31-25-23-20-21-24-29-34-39-44-51(2)3/h51-53H,6-50H2,1-5H3/t53-/m0/s1. The number of ether oxygens (including phenoxy) is 3. The molecule has 0 heterocycles. The van der Waals surface area contributed by atoms with Crippen molar-refractivity contribution < 1.29 is 28.6 Å². The number of carbonyl (C=O) groups is 3. The Labute approximate surface area is 387 Å². The molecule has 0 aliphatic rings. The molecule has 368 valence electrons. The summed E-state index contributed by atoms with van der Waals surface area (Å²) in [4.78, 5) is 38.0. The minimum atomic E-state index is -0.762. The van der Waals surface area contributed by atoms with E-state index in [2.05, 4.69) is 34.6 Å². The maximum absolute atomic E-state index is 12.8. The highest BCUT2D eigenvalue weighted by atomic mass is 16.6. The van der Waals surface area contributed by atoms with E-state index in [1.807, 2.05) is 0 Å². The molecule has 0 amide bonds. The van der Waals surface area contributed by atoms with E-state index in [0.29, 0.717) is 19.3 Å². The summed E-state index contributed by atoms with van der Waals surface area (Å²) in [6.07, 6.45) is 51.0. The lowest BCUT2D eigenvalue weighted by Gasteiger charge is -2.18. The van der Waals surface area contributed by atoms with Crippen molar-refractivity contribution in [3.63, 3.8) is 0 Å². The number of carbonyl (C=O) groups excluding carboxylic acids is 3. The van der Waals surface area contributed by atoms with Crippen LogP contribution in [0.3, 0.4) is 0 Å². The molecule has 62 heavy (non-hydrogen) atoms. The van der Waals surface area contributed by atoms with Crippen LogP contribution >= 0.6 is 0 Å². The zero-order chi connectivity index (χ0) is 45.4. The van der Waals surface area contributed by atoms with Gasteiger partial charge in [0.1, 0.15) is 13.2 Å². The Balaban J connectivity index is 4.27. The maximum atomic E-state index is 12.8. The summed E-state index contributed by atoms with van der Waals surface area (Å²) in [5, 5.41) is 0. The van der Waals surface area contributed by atoms with Crippen molar-refractivity contribution in [1.29, 1.82) is 0 Å². The van der Waals surface area contributed by atoms with Gasteiger partial charge in [0, 0.05) is 19.3 Å². The smallest absolute Gasteiger partial charge is 0.306 e. The molecule has 0 fully saturated rings. The van der Waals surface area contributed by atoms with Gasteiger partial charge in [-0.1, -0.05) is 272 Å². The van der Waals surface area contributed by atoms with Crippen LogP contribution in [-0.4, -0.2) is 37.2 Å². The normalized spacial score (nSPS) is 12.0. The van der Waals surface area contributed by atoms with Gasteiger partial charge in [0.2, 0.25) is 0 Å². The number of hydrogen-bond donors (Lipinski definition) is 0. The van der Waals surface area contributed by atoms with Crippen molar-refractivity contribution in [3.05, 3.63) is 0 Å². The molecule has 0 saturated heterocycles. The Morgan fingerprint density at radius 1 is 0.306 bits per heavy atom. The lowest BCUT2D eigenvalue weighted by atomic mass is 10.0. The Hall–Kier alpha value is -1.59. The minimum absolute atomic E-state index is 0.0638. The summed E-state index contributed by atoms with van der Waals surface area (Å²) in [6, 6.07) is 0. The Morgan fingerprint density at radius 2 is 0.532 bits per heavy atom. The largest absolute Gasteiger partial charge is 0.462 e. The number of unbranched alkanes of at least 4 members (excludes halogenated alkanes) is 35. The highest BCUT2D eigenvalue weighted by Gasteiger charge is 2.19. The lowest BCUT2D eigenvalue weighted by molar-refractivity contribution is -0.167. The Bertz CT molecular complexity index is 947. The fraction of sp³-hybridized carbons (Fsp3) is 0.946. The molecular weight excluding hydrogens is 769 g/mol. The monoisotopic (exact) mass is 877 g/mol. The molecule has 0 aromatic carbocycles. The lowest BCUT2D eigenvalue weighted by Crippen LogP contribution is -2.30. The van der Waals surface area contributed by atoms with Crippen molar-refractivity contribution in [2.75, 3.05) is 13.2 Å². The molecule has 0 spiro atoms. The minimum Gasteiger partial charge on any atom is -0.462 e. The van der Waals surface area contributed by atoms with Crippen LogP contribution in [0.4, 0.5) is 0 Å². The predicted molar refractivity (Wildman–Crippen MR) is 266 cm³/mol. The van der Waals surface area contributed by atoms with E-state index in [1.165, 1.54) is 199 Å². The van der Waals surface area contributed by atoms with Crippen molar-refractivity contribution >= 4 is 17.9 Å². The molecule has 6 heteroatoms. The van der Waals surface area contributed by atoms with Gasteiger partial charge in [0.15, 0.2) is 6.10 Å². The maximum Gasteiger partial charge on any atom is 0.306 e. The predicted octanol–water partition coefficient (Wildman–Crippen LogP) is 18.1. The molecule has 0 N–H and O–H groups in total. The average molecular weight is 877 g/mol. The van der Waals surface area contributed by atoms with Gasteiger partial charge in [-0.05, 0) is 31.1 Å². The number of hydrogen-bond acceptors (Lipinski definition) is 6. The van der Waals surface area contributed by atoms with Crippen LogP contribution < -0.4 is 0 Å². The molecule has 0 aromatic heterocycles. The Morgan fingerprint density at radius 3 is 0.790 bits per heavy atom. The molecule has 0 unspecified atom stereocenters. The summed E-state index contributed by atoms with van der Waals surface area (Å²) in [7, 11) is 0. The molecule has 0 saturated carbocycles. The van der Waals surface area contributed by atoms with E-state index in [9.17, 15) is 14.4 Å². The molecule has 0 aromatic rings. The highest BCUT2D eigenvalue weighted by Crippen LogP contribution is 2.18. The third-order valence-electron chi connectivity index (χ3n) is 12.7. The van der Waals surface area contributed by atoms with Crippen molar-refractivity contribution in [1.82, 2.24) is 0 Å². The van der Waals surface area contributed by atoms with Gasteiger partial charge < -0.3 is 14.2 Å². The molecular formula is C56H108O6. The van der Waals surface area contributed by atoms with Crippen molar-refractivity contribution in [3.8, 4) is 0 Å². The first-order valence-electron chi connectivity index (χ1n) is 27.7. The van der Waals surface area contributed by atoms with Crippen molar-refractivity contribution in [2.24, 2.45) is 11.8 Å². The highest BCUT2D eigenvalue weighted by molar-refractivity contribution is 5.71. The molecule has 0 aliphatic heterocycles. The second-order valence-corrected chi connectivity index (χ2v) is 20.2. The molecule has 0 radical (unpaired) electrons. The van der Waals surface area contributed by atoms with Crippen LogP contribution in [0.1, 0.15) is 311 Å². The topological polar surface area (TPSA) is 78.9 Å². The van der Waals surface area contributed by atoms with Gasteiger partial charge >= 0.3 is 17.9 Å². The SMILES string of the molecule is CCCCCCCCCCCCCCCCCCCCCC(=O)O[C@@H](COC(=O)CCCCCCCCCCCCCC(C)C)COC(=O)CCCCCCCCCCC(C)C. The summed E-state index contributed by atoms with van der Waals surface area (Å²) >= 11 is 0. The van der Waals surface area contributed by atoms with Crippen molar-refractivity contribution in [2.45, 2.75) is 317 Å². The van der Waals surface area contributed by atoms with E-state index in [-0.39, 0.29) is 31.1 Å². The first kappa shape index (κ1) is 60.4. The van der Waals surface area contributed by atoms with E-state index < -0.39 is 6.10 Å². The van der Waals surface area contributed by atoms with Gasteiger partial charge in [-0.2, -0.15) is 0 Å². The van der Waals surface area contributed by atoms with Gasteiger partial charge in [0.05, 0.1) is 0 Å². The third-order valence-corrected chi connectivity index (χ3v) is 12.7. The van der Waals surface area contributed by atoms with Crippen LogP contribution in [0.25, 0.3) is 0 Å². The Kier molecular flexibility index (Phi) is 47.6. The van der Waals surface area contributed by atoms with E-state index in [1.54, 1.807) is 0 Å². The van der Waals surface area contributed by atoms with Gasteiger partial charge in [-0.25, -0.2) is 0 Å². The van der Waals surface area contributed by atoms with Gasteiger partial charge in [0.25, 0.3) is 0 Å². The summed E-state index contributed by atoms with van der Waals surface area (Å²) in [5.41, 5.74) is 0. The molecule has 0 aliphatic carbocycles. The van der Waals surface area contributed by atoms with E-state index in [0.717, 1.165) is 69.6 Å². The summed E-state index contributed by atoms with van der Waals surface area (Å²) < 4.78 is 16.8. The summed E-state index contributed by atoms with van der Waals surface area (Å²) in [6.45, 7) is 11.4. The molecule has 1 atom stereocenters. The van der Waals surface area contributed by atoms with E-state index in [4.69, 9.17) is 14.2 Å². The first-order chi connectivity index (χ1) is 30.2. The second-order valence-electron chi connectivity index (χ2n) is 20.2. The van der Waals surface area contributed by atoms with Crippen LogP contribution in [0, 0.1) is 11.8 Å². The molecule has 6 nitrogen and oxygen atoms in total. The van der Waals surface area contributed by atoms with E-state index >= 15 is 0 Å². The molecule has 0 bridgehead atoms. The number of rotatable bonds is 50. The molecule has 0 rings (SSSR count). The van der Waals surface area contributed by atoms with Crippen LogP contribution in [0.15, 0.2) is 0 Å². The van der Waals surface area contributed by atoms with Crippen LogP contribution in [-0.2, 0) is 28.6 Å². The van der Waals surface area contributed by atoms with Crippen LogP contribution in [0.2, 0.25) is 0 Å². The zero-order valence-corrected chi connectivity index (χ0v) is 42.5. The first-order valence-corrected chi connectivity index (χ1v) is 27.7. The van der Waals surface area contributed by atoms with Gasteiger partial charge in [-0.15, -0.1) is 0 Å². The zero-order valence-electron chi connectivity index (χ0n) is 42.5. The third kappa shape index (κ3) is 49.4. The fourth-order valence-corrected chi connectivity index (χ4v) is 8.52. The summed E-state index contributed by atoms with van der Waals surface area (Å²) in [5.74, 6) is 0.777. The quantitative estimate of drug-likeness (QED) is 0.0344.